The lowest BCUT2D eigenvalue weighted by atomic mass is 10.3. The molecule has 8 heteroatoms. The zero-order valence-electron chi connectivity index (χ0n) is 11.1. The van der Waals surface area contributed by atoms with Crippen LogP contribution in [0.2, 0.25) is 0 Å². The molecule has 7 nitrogen and oxygen atoms in total. The first kappa shape index (κ1) is 15.1. The molecule has 0 aliphatic heterocycles. The Kier molecular flexibility index (Phi) is 5.24. The Bertz CT molecular complexity index is 469. The van der Waals surface area contributed by atoms with Crippen molar-refractivity contribution in [3.05, 3.63) is 11.7 Å². The average Bonchev–Trinajstić information content (AvgIpc) is 2.69. The van der Waals surface area contributed by atoms with Crippen molar-refractivity contribution in [2.45, 2.75) is 45.5 Å². The second-order valence-corrected chi connectivity index (χ2v) is 6.66. The fourth-order valence-corrected chi connectivity index (χ4v) is 2.15. The maximum atomic E-state index is 11.9. The van der Waals surface area contributed by atoms with Crippen LogP contribution in [0.3, 0.4) is 0 Å². The highest BCUT2D eigenvalue weighted by Crippen LogP contribution is 2.01. The minimum atomic E-state index is -3.39. The van der Waals surface area contributed by atoms with Gasteiger partial charge >= 0.3 is 0 Å². The second-order valence-electron chi connectivity index (χ2n) is 4.48. The fourth-order valence-electron chi connectivity index (χ4n) is 1.23. The normalized spacial score (nSPS) is 14.1. The van der Waals surface area contributed by atoms with E-state index in [1.807, 2.05) is 13.8 Å². The molecule has 0 saturated carbocycles. The molecule has 0 radical (unpaired) electrons. The number of hydrogen-bond donors (Lipinski definition) is 2. The maximum absolute atomic E-state index is 11.9. The summed E-state index contributed by atoms with van der Waals surface area (Å²) in [6.07, 6.45) is 0. The minimum absolute atomic E-state index is 0.0230. The minimum Gasteiger partial charge on any atom is -0.338 e. The molecule has 2 N–H and O–H groups in total. The summed E-state index contributed by atoms with van der Waals surface area (Å²) in [6, 6.07) is 0.251. The van der Waals surface area contributed by atoms with E-state index in [4.69, 9.17) is 4.52 Å². The van der Waals surface area contributed by atoms with Crippen LogP contribution in [0, 0.1) is 6.92 Å². The average molecular weight is 276 g/mol. The van der Waals surface area contributed by atoms with Gasteiger partial charge in [0.05, 0.1) is 11.8 Å². The summed E-state index contributed by atoms with van der Waals surface area (Å²) >= 11 is 0. The van der Waals surface area contributed by atoms with Gasteiger partial charge in [-0.1, -0.05) is 19.0 Å². The molecule has 0 aromatic carbocycles. The van der Waals surface area contributed by atoms with Crippen molar-refractivity contribution < 1.29 is 12.9 Å². The molecule has 0 fully saturated rings. The van der Waals surface area contributed by atoms with Gasteiger partial charge in [0.25, 0.3) is 0 Å². The van der Waals surface area contributed by atoms with Crippen molar-refractivity contribution >= 4 is 10.0 Å². The van der Waals surface area contributed by atoms with E-state index in [0.717, 1.165) is 0 Å². The lowest BCUT2D eigenvalue weighted by Gasteiger charge is -2.15. The molecular weight excluding hydrogens is 256 g/mol. The molecule has 0 saturated heterocycles. The third-order valence-corrected chi connectivity index (χ3v) is 4.11. The summed E-state index contributed by atoms with van der Waals surface area (Å²) < 4.78 is 31.0. The lowest BCUT2D eigenvalue weighted by Crippen LogP contribution is -2.40. The maximum Gasteiger partial charge on any atom is 0.241 e. The van der Waals surface area contributed by atoms with Crippen molar-refractivity contribution in [3.8, 4) is 0 Å². The molecule has 0 aliphatic rings. The van der Waals surface area contributed by atoms with Crippen LogP contribution in [0.5, 0.6) is 0 Å². The number of sulfonamides is 1. The van der Waals surface area contributed by atoms with E-state index in [2.05, 4.69) is 20.2 Å². The predicted molar refractivity (Wildman–Crippen MR) is 67.4 cm³/mol. The highest BCUT2D eigenvalue weighted by Gasteiger charge is 2.21. The first-order valence-corrected chi connectivity index (χ1v) is 7.37. The summed E-state index contributed by atoms with van der Waals surface area (Å²) in [6.45, 7) is 7.68. The van der Waals surface area contributed by atoms with Gasteiger partial charge in [0, 0.05) is 12.6 Å². The van der Waals surface area contributed by atoms with Crippen LogP contribution in [0.1, 0.15) is 32.5 Å². The topological polar surface area (TPSA) is 97.1 Å². The van der Waals surface area contributed by atoms with Crippen LogP contribution < -0.4 is 10.0 Å². The van der Waals surface area contributed by atoms with Crippen molar-refractivity contribution in [1.82, 2.24) is 20.2 Å². The first-order valence-electron chi connectivity index (χ1n) is 5.82. The van der Waals surface area contributed by atoms with E-state index in [1.54, 1.807) is 13.8 Å². The van der Waals surface area contributed by atoms with Gasteiger partial charge in [-0.2, -0.15) is 4.98 Å². The third-order valence-electron chi connectivity index (χ3n) is 2.34. The first-order chi connectivity index (χ1) is 8.31. The highest BCUT2D eigenvalue weighted by molar-refractivity contribution is 7.90. The molecule has 0 aliphatic carbocycles. The Morgan fingerprint density at radius 2 is 2.00 bits per heavy atom. The molecule has 1 aromatic rings. The van der Waals surface area contributed by atoms with Crippen molar-refractivity contribution in [3.63, 3.8) is 0 Å². The van der Waals surface area contributed by atoms with E-state index in [9.17, 15) is 8.42 Å². The van der Waals surface area contributed by atoms with Gasteiger partial charge in [-0.3, -0.25) is 0 Å². The molecule has 1 heterocycles. The van der Waals surface area contributed by atoms with Crippen LogP contribution in [0.15, 0.2) is 4.52 Å². The molecule has 1 aromatic heterocycles. The Morgan fingerprint density at radius 3 is 2.50 bits per heavy atom. The molecule has 104 valence electrons. The lowest BCUT2D eigenvalue weighted by molar-refractivity contribution is 0.371. The Hall–Kier alpha value is -0.990. The van der Waals surface area contributed by atoms with Crippen LogP contribution >= 0.6 is 0 Å². The van der Waals surface area contributed by atoms with Gasteiger partial charge in [-0.05, 0) is 13.8 Å². The summed E-state index contributed by atoms with van der Waals surface area (Å²) in [5.41, 5.74) is 0. The zero-order valence-corrected chi connectivity index (χ0v) is 11.9. The summed E-state index contributed by atoms with van der Waals surface area (Å²) in [5, 5.41) is 6.15. The van der Waals surface area contributed by atoms with E-state index in [1.165, 1.54) is 0 Å². The summed E-state index contributed by atoms with van der Waals surface area (Å²) in [4.78, 5) is 3.93. The molecule has 0 amide bonds. The van der Waals surface area contributed by atoms with E-state index >= 15 is 0 Å². The standard InChI is InChI=1S/C10H20N4O3S/c1-7(2)11-5-8(3)18(15,16)12-6-10-13-9(4)14-17-10/h7-8,11-12H,5-6H2,1-4H3. The quantitative estimate of drug-likeness (QED) is 0.737. The van der Waals surface area contributed by atoms with Gasteiger partial charge in [0.15, 0.2) is 5.82 Å². The molecule has 1 atom stereocenters. The van der Waals surface area contributed by atoms with Crippen LogP contribution in [-0.2, 0) is 16.6 Å². The number of aryl methyl sites for hydroxylation is 1. The van der Waals surface area contributed by atoms with Crippen LogP contribution in [-0.4, -0.2) is 36.4 Å². The van der Waals surface area contributed by atoms with Crippen LogP contribution in [0.25, 0.3) is 0 Å². The third kappa shape index (κ3) is 4.71. The van der Waals surface area contributed by atoms with E-state index < -0.39 is 15.3 Å². The zero-order chi connectivity index (χ0) is 13.8. The molecule has 0 bridgehead atoms. The largest absolute Gasteiger partial charge is 0.338 e. The summed E-state index contributed by atoms with van der Waals surface area (Å²) in [5.74, 6) is 0.749. The van der Waals surface area contributed by atoms with E-state index in [-0.39, 0.29) is 18.5 Å². The number of nitrogens with zero attached hydrogens (tertiary/aromatic N) is 2. The number of hydrogen-bond acceptors (Lipinski definition) is 6. The molecule has 18 heavy (non-hydrogen) atoms. The van der Waals surface area contributed by atoms with Crippen molar-refractivity contribution in [1.29, 1.82) is 0 Å². The van der Waals surface area contributed by atoms with Crippen molar-refractivity contribution in [2.24, 2.45) is 0 Å². The number of aromatic nitrogens is 2. The van der Waals surface area contributed by atoms with Crippen molar-refractivity contribution in [2.75, 3.05) is 6.54 Å². The van der Waals surface area contributed by atoms with Gasteiger partial charge in [0.2, 0.25) is 15.9 Å². The Morgan fingerprint density at radius 1 is 1.33 bits per heavy atom. The Labute approximate surface area is 107 Å². The molecule has 1 rings (SSSR count). The SMILES string of the molecule is Cc1noc(CNS(=O)(=O)C(C)CNC(C)C)n1. The van der Waals surface area contributed by atoms with Gasteiger partial charge in [-0.15, -0.1) is 0 Å². The number of nitrogens with one attached hydrogen (secondary N) is 2. The van der Waals surface area contributed by atoms with Gasteiger partial charge in [0.1, 0.15) is 0 Å². The predicted octanol–water partition coefficient (Wildman–Crippen LogP) is 0.184. The molecule has 0 spiro atoms. The smallest absolute Gasteiger partial charge is 0.241 e. The highest BCUT2D eigenvalue weighted by atomic mass is 32.2. The monoisotopic (exact) mass is 276 g/mol. The Balaban J connectivity index is 2.48. The number of rotatable bonds is 7. The van der Waals surface area contributed by atoms with Crippen LogP contribution in [0.4, 0.5) is 0 Å². The second kappa shape index (κ2) is 6.26. The van der Waals surface area contributed by atoms with Gasteiger partial charge < -0.3 is 9.84 Å². The molecule has 1 unspecified atom stereocenters. The fraction of sp³-hybridized carbons (Fsp3) is 0.800. The van der Waals surface area contributed by atoms with E-state index in [0.29, 0.717) is 12.4 Å². The molecular formula is C10H20N4O3S. The summed E-state index contributed by atoms with van der Waals surface area (Å²) in [7, 11) is -3.39. The van der Waals surface area contributed by atoms with Gasteiger partial charge in [-0.25, -0.2) is 13.1 Å².